The minimum atomic E-state index is -0.824. The summed E-state index contributed by atoms with van der Waals surface area (Å²) in [6.07, 6.45) is -0.824. The number of aromatic nitrogens is 3. The van der Waals surface area contributed by atoms with Gasteiger partial charge in [0.15, 0.2) is 6.10 Å². The van der Waals surface area contributed by atoms with E-state index in [-0.39, 0.29) is 0 Å². The van der Waals surface area contributed by atoms with Crippen molar-refractivity contribution in [2.75, 3.05) is 5.32 Å². The van der Waals surface area contributed by atoms with E-state index >= 15 is 0 Å². The van der Waals surface area contributed by atoms with Crippen molar-refractivity contribution < 1.29 is 9.53 Å². The second-order valence-electron chi connectivity index (χ2n) is 6.47. The van der Waals surface area contributed by atoms with E-state index in [1.807, 2.05) is 30.3 Å². The molecule has 0 saturated carbocycles. The summed E-state index contributed by atoms with van der Waals surface area (Å²) < 4.78 is 5.65. The average Bonchev–Trinajstić information content (AvgIpc) is 3.13. The van der Waals surface area contributed by atoms with Crippen LogP contribution in [0.3, 0.4) is 0 Å². The lowest BCUT2D eigenvalue weighted by molar-refractivity contribution is -0.122. The van der Waals surface area contributed by atoms with Gasteiger partial charge < -0.3 is 10.1 Å². The van der Waals surface area contributed by atoms with Gasteiger partial charge in [-0.25, -0.2) is 0 Å². The van der Waals surface area contributed by atoms with Gasteiger partial charge in [0.25, 0.3) is 5.91 Å². The second kappa shape index (κ2) is 8.52. The van der Waals surface area contributed by atoms with Crippen LogP contribution < -0.4 is 10.1 Å². The Morgan fingerprint density at radius 3 is 2.37 bits per heavy atom. The third-order valence-corrected chi connectivity index (χ3v) is 5.12. The summed E-state index contributed by atoms with van der Waals surface area (Å²) in [6, 6.07) is 17.6. The van der Waals surface area contributed by atoms with Crippen LogP contribution in [0.2, 0.25) is 15.1 Å². The van der Waals surface area contributed by atoms with E-state index in [1.54, 1.807) is 37.3 Å². The first-order valence-corrected chi connectivity index (χ1v) is 10.1. The zero-order chi connectivity index (χ0) is 21.3. The highest BCUT2D eigenvalue weighted by atomic mass is 35.5. The summed E-state index contributed by atoms with van der Waals surface area (Å²) in [7, 11) is 0. The average molecular weight is 462 g/mol. The molecule has 1 amide bonds. The molecule has 0 aliphatic heterocycles. The van der Waals surface area contributed by atoms with E-state index < -0.39 is 12.0 Å². The van der Waals surface area contributed by atoms with Crippen LogP contribution in [0.4, 0.5) is 5.69 Å². The fourth-order valence-electron chi connectivity index (χ4n) is 2.76. The molecule has 1 aromatic heterocycles. The molecule has 1 unspecified atom stereocenters. The Bertz CT molecular complexity index is 1230. The van der Waals surface area contributed by atoms with E-state index in [0.717, 1.165) is 5.69 Å². The summed E-state index contributed by atoms with van der Waals surface area (Å²) in [5.41, 5.74) is 2.43. The molecule has 3 aromatic carbocycles. The number of hydrogen-bond donors (Lipinski definition) is 1. The molecule has 0 bridgehead atoms. The summed E-state index contributed by atoms with van der Waals surface area (Å²) in [4.78, 5) is 14.1. The monoisotopic (exact) mass is 460 g/mol. The van der Waals surface area contributed by atoms with Crippen molar-refractivity contribution in [2.45, 2.75) is 13.0 Å². The Hall–Kier alpha value is -2.80. The number of rotatable bonds is 5. The maximum atomic E-state index is 12.6. The number of amides is 1. The summed E-state index contributed by atoms with van der Waals surface area (Å²) in [5.74, 6) is -0.0335. The molecular formula is C21H15Cl3N4O2. The Morgan fingerprint density at radius 2 is 1.67 bits per heavy atom. The largest absolute Gasteiger partial charge is 0.479 e. The smallest absolute Gasteiger partial charge is 0.265 e. The lowest BCUT2D eigenvalue weighted by Gasteiger charge is -2.16. The number of carbonyl (C=O) groups excluding carboxylic acids is 1. The van der Waals surface area contributed by atoms with Crippen molar-refractivity contribution in [3.63, 3.8) is 0 Å². The lowest BCUT2D eigenvalue weighted by atomic mass is 10.2. The SMILES string of the molecule is CC(Oc1ccc(Cl)cc1Cl)C(=O)Nc1cc2nn(-c3ccccc3)nc2cc1Cl. The van der Waals surface area contributed by atoms with Crippen LogP contribution in [0.5, 0.6) is 5.75 Å². The molecule has 0 fully saturated rings. The summed E-state index contributed by atoms with van der Waals surface area (Å²) in [5, 5.41) is 12.8. The highest BCUT2D eigenvalue weighted by Gasteiger charge is 2.19. The zero-order valence-corrected chi connectivity index (χ0v) is 17.9. The summed E-state index contributed by atoms with van der Waals surface area (Å²) in [6.45, 7) is 1.61. The van der Waals surface area contributed by atoms with Gasteiger partial charge in [0.1, 0.15) is 16.8 Å². The number of fused-ring (bicyclic) bond motifs is 1. The first-order chi connectivity index (χ1) is 14.4. The standard InChI is InChI=1S/C21H15Cl3N4O2/c1-12(30-20-8-7-13(22)9-16(20)24)21(29)25-17-11-19-18(10-15(17)23)26-28(27-19)14-5-3-2-4-6-14/h2-12H,1H3,(H,25,29). The van der Waals surface area contributed by atoms with Gasteiger partial charge in [-0.3, -0.25) is 4.79 Å². The van der Waals surface area contributed by atoms with Crippen molar-refractivity contribution in [2.24, 2.45) is 0 Å². The fraction of sp³-hybridized carbons (Fsp3) is 0.0952. The predicted octanol–water partition coefficient (Wildman–Crippen LogP) is 5.79. The van der Waals surface area contributed by atoms with E-state index in [0.29, 0.717) is 37.5 Å². The number of halogens is 3. The Labute approximate surface area is 187 Å². The van der Waals surface area contributed by atoms with Gasteiger partial charge in [-0.1, -0.05) is 53.0 Å². The molecule has 1 heterocycles. The lowest BCUT2D eigenvalue weighted by Crippen LogP contribution is -2.30. The van der Waals surface area contributed by atoms with Gasteiger partial charge in [-0.2, -0.15) is 4.80 Å². The number of ether oxygens (including phenoxy) is 1. The van der Waals surface area contributed by atoms with Crippen LogP contribution in [0.15, 0.2) is 60.7 Å². The molecule has 30 heavy (non-hydrogen) atoms. The zero-order valence-electron chi connectivity index (χ0n) is 15.6. The van der Waals surface area contributed by atoms with Crippen molar-refractivity contribution in [3.8, 4) is 11.4 Å². The van der Waals surface area contributed by atoms with Gasteiger partial charge in [0, 0.05) is 5.02 Å². The molecule has 0 saturated heterocycles. The maximum absolute atomic E-state index is 12.6. The quantitative estimate of drug-likeness (QED) is 0.408. The van der Waals surface area contributed by atoms with Crippen LogP contribution in [-0.4, -0.2) is 27.0 Å². The van der Waals surface area contributed by atoms with E-state index in [2.05, 4.69) is 15.5 Å². The van der Waals surface area contributed by atoms with Crippen LogP contribution in [0.1, 0.15) is 6.92 Å². The van der Waals surface area contributed by atoms with Crippen molar-refractivity contribution in [1.29, 1.82) is 0 Å². The Kier molecular flexibility index (Phi) is 5.81. The molecule has 1 atom stereocenters. The number of benzene rings is 3. The van der Waals surface area contributed by atoms with E-state index in [1.165, 1.54) is 4.80 Å². The number of para-hydroxylation sites is 1. The highest BCUT2D eigenvalue weighted by molar-refractivity contribution is 6.35. The molecule has 152 valence electrons. The van der Waals surface area contributed by atoms with Crippen molar-refractivity contribution in [1.82, 2.24) is 15.0 Å². The van der Waals surface area contributed by atoms with Gasteiger partial charge in [-0.05, 0) is 49.4 Å². The van der Waals surface area contributed by atoms with E-state index in [9.17, 15) is 4.79 Å². The number of nitrogens with zero attached hydrogens (tertiary/aromatic N) is 3. The fourth-order valence-corrected chi connectivity index (χ4v) is 3.42. The van der Waals surface area contributed by atoms with Crippen LogP contribution in [0, 0.1) is 0 Å². The minimum Gasteiger partial charge on any atom is -0.479 e. The number of nitrogens with one attached hydrogen (secondary N) is 1. The molecule has 9 heteroatoms. The van der Waals surface area contributed by atoms with Gasteiger partial charge in [0.2, 0.25) is 0 Å². The molecule has 0 radical (unpaired) electrons. The molecular weight excluding hydrogens is 447 g/mol. The molecule has 0 aliphatic carbocycles. The molecule has 4 aromatic rings. The maximum Gasteiger partial charge on any atom is 0.265 e. The molecule has 0 spiro atoms. The highest BCUT2D eigenvalue weighted by Crippen LogP contribution is 2.30. The molecule has 1 N–H and O–H groups in total. The molecule has 4 rings (SSSR count). The number of anilines is 1. The van der Waals surface area contributed by atoms with Crippen LogP contribution in [-0.2, 0) is 4.79 Å². The van der Waals surface area contributed by atoms with E-state index in [4.69, 9.17) is 39.5 Å². The van der Waals surface area contributed by atoms with Crippen molar-refractivity contribution in [3.05, 3.63) is 75.7 Å². The first-order valence-electron chi connectivity index (χ1n) is 8.95. The molecule has 6 nitrogen and oxygen atoms in total. The van der Waals surface area contributed by atoms with Gasteiger partial charge in [-0.15, -0.1) is 10.2 Å². The number of carbonyl (C=O) groups is 1. The normalized spacial score (nSPS) is 12.0. The second-order valence-corrected chi connectivity index (χ2v) is 7.72. The Morgan fingerprint density at radius 1 is 0.967 bits per heavy atom. The van der Waals surface area contributed by atoms with Crippen LogP contribution in [0.25, 0.3) is 16.7 Å². The number of hydrogen-bond acceptors (Lipinski definition) is 4. The van der Waals surface area contributed by atoms with Gasteiger partial charge in [0.05, 0.1) is 21.4 Å². The van der Waals surface area contributed by atoms with Crippen molar-refractivity contribution >= 4 is 57.4 Å². The van der Waals surface area contributed by atoms with Gasteiger partial charge >= 0.3 is 0 Å². The topological polar surface area (TPSA) is 69.0 Å². The molecule has 0 aliphatic rings. The van der Waals surface area contributed by atoms with Crippen LogP contribution >= 0.6 is 34.8 Å². The predicted molar refractivity (Wildman–Crippen MR) is 119 cm³/mol. The third-order valence-electron chi connectivity index (χ3n) is 4.28. The third kappa shape index (κ3) is 4.36. The minimum absolute atomic E-state index is 0.319. The first kappa shape index (κ1) is 20.5. The summed E-state index contributed by atoms with van der Waals surface area (Å²) >= 11 is 18.3. The Balaban J connectivity index is 1.53.